The Morgan fingerprint density at radius 1 is 1.06 bits per heavy atom. The van der Waals surface area contributed by atoms with Crippen molar-refractivity contribution >= 4 is 28.5 Å². The van der Waals surface area contributed by atoms with Crippen LogP contribution in [0.2, 0.25) is 0 Å². The van der Waals surface area contributed by atoms with Crippen LogP contribution in [0.5, 0.6) is 11.5 Å². The molecule has 1 saturated heterocycles. The summed E-state index contributed by atoms with van der Waals surface area (Å²) in [7, 11) is 0. The van der Waals surface area contributed by atoms with Crippen LogP contribution in [0.15, 0.2) is 51.7 Å². The van der Waals surface area contributed by atoms with Gasteiger partial charge in [-0.15, -0.1) is 0 Å². The number of carbonyl (C=O) groups excluding carboxylic acids is 2. The van der Waals surface area contributed by atoms with Gasteiger partial charge in [0.15, 0.2) is 11.5 Å². The number of hydrogen-bond donors (Lipinski definition) is 0. The average Bonchev–Trinajstić information content (AvgIpc) is 3.18. The number of carbonyl (C=O) groups is 2. The van der Waals surface area contributed by atoms with Gasteiger partial charge in [-0.3, -0.25) is 9.59 Å². The topological polar surface area (TPSA) is 95.3 Å². The first-order valence-corrected chi connectivity index (χ1v) is 10.4. The Kier molecular flexibility index (Phi) is 5.05. The molecule has 0 aliphatic carbocycles. The van der Waals surface area contributed by atoms with Crippen LogP contribution in [0.3, 0.4) is 0 Å². The smallest absolute Gasteiger partial charge is 0.336 e. The maximum absolute atomic E-state index is 12.7. The minimum absolute atomic E-state index is 0.0597. The second-order valence-electron chi connectivity index (χ2n) is 7.93. The summed E-state index contributed by atoms with van der Waals surface area (Å²) >= 11 is 0. The summed E-state index contributed by atoms with van der Waals surface area (Å²) in [5, 5.41) is 0.711. The third-order valence-corrected chi connectivity index (χ3v) is 5.65. The van der Waals surface area contributed by atoms with Crippen molar-refractivity contribution in [2.24, 2.45) is 5.92 Å². The quantitative estimate of drug-likeness (QED) is 0.459. The van der Waals surface area contributed by atoms with Gasteiger partial charge in [-0.2, -0.15) is 0 Å². The molecule has 2 aliphatic rings. The molecule has 3 aromatic rings. The van der Waals surface area contributed by atoms with Crippen LogP contribution in [0.1, 0.15) is 17.5 Å². The van der Waals surface area contributed by atoms with Gasteiger partial charge in [-0.1, -0.05) is 12.1 Å². The summed E-state index contributed by atoms with van der Waals surface area (Å²) in [5.41, 5.74) is 2.12. The van der Waals surface area contributed by atoms with E-state index >= 15 is 0 Å². The third-order valence-electron chi connectivity index (χ3n) is 5.65. The number of anilines is 1. The van der Waals surface area contributed by atoms with Gasteiger partial charge in [0.2, 0.25) is 5.91 Å². The SMILES string of the molecule is Cc1ccc2c(COC(=O)[C@@H]3CC(=O)N(c4ccc5c(c4)OCCO5)C3)cc(=O)oc2c1. The highest BCUT2D eigenvalue weighted by Gasteiger charge is 2.36. The fourth-order valence-corrected chi connectivity index (χ4v) is 4.04. The van der Waals surface area contributed by atoms with E-state index in [9.17, 15) is 14.4 Å². The molecule has 3 heterocycles. The Hall–Kier alpha value is -3.81. The molecular weight excluding hydrogens is 414 g/mol. The number of esters is 1. The van der Waals surface area contributed by atoms with Crippen LogP contribution in [-0.2, 0) is 20.9 Å². The largest absolute Gasteiger partial charge is 0.486 e. The normalized spacial score (nSPS) is 17.6. The Morgan fingerprint density at radius 3 is 2.72 bits per heavy atom. The van der Waals surface area contributed by atoms with Crippen molar-refractivity contribution < 1.29 is 28.2 Å². The monoisotopic (exact) mass is 435 g/mol. The first-order chi connectivity index (χ1) is 15.5. The lowest BCUT2D eigenvalue weighted by atomic mass is 10.1. The van der Waals surface area contributed by atoms with Crippen LogP contribution in [0.25, 0.3) is 11.0 Å². The maximum atomic E-state index is 12.7. The van der Waals surface area contributed by atoms with Crippen molar-refractivity contribution in [2.45, 2.75) is 20.0 Å². The molecule has 0 saturated carbocycles. The molecule has 8 nitrogen and oxygen atoms in total. The van der Waals surface area contributed by atoms with Gasteiger partial charge in [0.1, 0.15) is 25.4 Å². The first-order valence-electron chi connectivity index (χ1n) is 10.4. The molecular formula is C24H21NO7. The van der Waals surface area contributed by atoms with Gasteiger partial charge in [-0.25, -0.2) is 4.79 Å². The van der Waals surface area contributed by atoms with Crippen molar-refractivity contribution in [1.82, 2.24) is 0 Å². The molecule has 1 aromatic heterocycles. The molecule has 0 N–H and O–H groups in total. The van der Waals surface area contributed by atoms with Crippen LogP contribution < -0.4 is 20.0 Å². The highest BCUT2D eigenvalue weighted by molar-refractivity contribution is 5.99. The van der Waals surface area contributed by atoms with Crippen LogP contribution in [0.4, 0.5) is 5.69 Å². The van der Waals surface area contributed by atoms with E-state index in [1.165, 1.54) is 6.07 Å². The number of hydrogen-bond acceptors (Lipinski definition) is 7. The average molecular weight is 435 g/mol. The molecule has 1 fully saturated rings. The van der Waals surface area contributed by atoms with Crippen LogP contribution in [0, 0.1) is 12.8 Å². The summed E-state index contributed by atoms with van der Waals surface area (Å²) in [4.78, 5) is 38.7. The van der Waals surface area contributed by atoms with Gasteiger partial charge < -0.3 is 23.5 Å². The molecule has 0 bridgehead atoms. The number of aryl methyl sites for hydroxylation is 1. The number of ether oxygens (including phenoxy) is 3. The summed E-state index contributed by atoms with van der Waals surface area (Å²) in [5.74, 6) is -0.0175. The fourth-order valence-electron chi connectivity index (χ4n) is 4.04. The predicted octanol–water partition coefficient (Wildman–Crippen LogP) is 2.97. The molecule has 0 unspecified atom stereocenters. The standard InChI is InChI=1S/C24H21NO7/c1-14-2-4-18-16(10-23(27)32-20(18)8-14)13-31-24(28)15-9-22(26)25(12-15)17-3-5-19-21(11-17)30-7-6-29-19/h2-5,8,10-11,15H,6-7,9,12-13H2,1H3/t15-/m1/s1. The van der Waals surface area contributed by atoms with E-state index in [1.54, 1.807) is 29.2 Å². The zero-order valence-electron chi connectivity index (χ0n) is 17.5. The highest BCUT2D eigenvalue weighted by Crippen LogP contribution is 2.36. The third kappa shape index (κ3) is 3.79. The lowest BCUT2D eigenvalue weighted by Gasteiger charge is -2.22. The molecule has 164 valence electrons. The molecule has 0 spiro atoms. The summed E-state index contributed by atoms with van der Waals surface area (Å²) < 4.78 is 21.8. The second-order valence-corrected chi connectivity index (χ2v) is 7.93. The number of nitrogens with zero attached hydrogens (tertiary/aromatic N) is 1. The highest BCUT2D eigenvalue weighted by atomic mass is 16.6. The molecule has 2 aliphatic heterocycles. The summed E-state index contributed by atoms with van der Waals surface area (Å²) in [6.45, 7) is 2.98. The maximum Gasteiger partial charge on any atom is 0.336 e. The van der Waals surface area contributed by atoms with Gasteiger partial charge >= 0.3 is 11.6 Å². The van der Waals surface area contributed by atoms with Gasteiger partial charge in [0.05, 0.1) is 5.92 Å². The van der Waals surface area contributed by atoms with Gasteiger partial charge in [0, 0.05) is 41.7 Å². The van der Waals surface area contributed by atoms with Crippen molar-refractivity contribution in [2.75, 3.05) is 24.7 Å². The van der Waals surface area contributed by atoms with Gasteiger partial charge in [-0.05, 0) is 30.7 Å². The van der Waals surface area contributed by atoms with E-state index in [1.807, 2.05) is 19.1 Å². The van der Waals surface area contributed by atoms with E-state index in [4.69, 9.17) is 18.6 Å². The predicted molar refractivity (Wildman–Crippen MR) is 115 cm³/mol. The van der Waals surface area contributed by atoms with E-state index in [2.05, 4.69) is 0 Å². The molecule has 5 rings (SSSR count). The number of benzene rings is 2. The van der Waals surface area contributed by atoms with Crippen molar-refractivity contribution in [3.63, 3.8) is 0 Å². The van der Waals surface area contributed by atoms with Gasteiger partial charge in [0.25, 0.3) is 0 Å². The fraction of sp³-hybridized carbons (Fsp3) is 0.292. The van der Waals surface area contributed by atoms with E-state index in [-0.39, 0.29) is 25.5 Å². The van der Waals surface area contributed by atoms with Crippen LogP contribution >= 0.6 is 0 Å². The Bertz CT molecular complexity index is 1280. The molecule has 1 amide bonds. The van der Waals surface area contributed by atoms with E-state index in [0.717, 1.165) is 5.56 Å². The number of fused-ring (bicyclic) bond motifs is 2. The first kappa shape index (κ1) is 20.1. The second kappa shape index (κ2) is 8.03. The summed E-state index contributed by atoms with van der Waals surface area (Å²) in [6.07, 6.45) is 0.0597. The van der Waals surface area contributed by atoms with Crippen molar-refractivity contribution in [1.29, 1.82) is 0 Å². The van der Waals surface area contributed by atoms with E-state index < -0.39 is 17.5 Å². The van der Waals surface area contributed by atoms with Crippen molar-refractivity contribution in [3.05, 3.63) is 64.0 Å². The lowest BCUT2D eigenvalue weighted by Crippen LogP contribution is -2.26. The molecule has 1 atom stereocenters. The number of rotatable bonds is 4. The minimum atomic E-state index is -0.593. The molecule has 2 aromatic carbocycles. The Morgan fingerprint density at radius 2 is 1.88 bits per heavy atom. The summed E-state index contributed by atoms with van der Waals surface area (Å²) in [6, 6.07) is 12.1. The van der Waals surface area contributed by atoms with Crippen molar-refractivity contribution in [3.8, 4) is 11.5 Å². The zero-order valence-corrected chi connectivity index (χ0v) is 17.5. The zero-order chi connectivity index (χ0) is 22.2. The number of amides is 1. The molecule has 0 radical (unpaired) electrons. The molecule has 32 heavy (non-hydrogen) atoms. The van der Waals surface area contributed by atoms with E-state index in [0.29, 0.717) is 46.9 Å². The lowest BCUT2D eigenvalue weighted by molar-refractivity contribution is -0.149. The Labute approximate surface area is 183 Å². The van der Waals surface area contributed by atoms with Crippen LogP contribution in [-0.4, -0.2) is 31.6 Å². The minimum Gasteiger partial charge on any atom is -0.486 e. The Balaban J connectivity index is 1.29. The molecule has 8 heteroatoms.